The van der Waals surface area contributed by atoms with Crippen LogP contribution in [0.3, 0.4) is 0 Å². The summed E-state index contributed by atoms with van der Waals surface area (Å²) >= 11 is 3.69. The Morgan fingerprint density at radius 3 is 2.54 bits per heavy atom. The van der Waals surface area contributed by atoms with Gasteiger partial charge in [-0.05, 0) is 29.8 Å². The average molecular weight is 431 g/mol. The first kappa shape index (κ1) is 17.0. The molecule has 0 fully saturated rings. The highest BCUT2D eigenvalue weighted by Crippen LogP contribution is 2.43. The topological polar surface area (TPSA) is 54.7 Å². The molecule has 3 aromatic carbocycles. The van der Waals surface area contributed by atoms with Gasteiger partial charge in [-0.1, -0.05) is 69.6 Å². The zero-order valence-corrected chi connectivity index (χ0v) is 16.3. The zero-order valence-electron chi connectivity index (χ0n) is 14.8. The Morgan fingerprint density at radius 2 is 1.71 bits per heavy atom. The first-order valence-corrected chi connectivity index (χ1v) is 9.70. The van der Waals surface area contributed by atoms with Crippen LogP contribution in [0.1, 0.15) is 11.1 Å². The van der Waals surface area contributed by atoms with E-state index in [1.54, 1.807) is 0 Å². The van der Waals surface area contributed by atoms with E-state index in [1.165, 1.54) is 0 Å². The first-order valence-electron chi connectivity index (χ1n) is 8.91. The minimum atomic E-state index is 0.414. The van der Waals surface area contributed by atoms with E-state index >= 15 is 0 Å². The molecule has 136 valence electrons. The van der Waals surface area contributed by atoms with Crippen LogP contribution in [0, 0.1) is 0 Å². The molecule has 4 nitrogen and oxygen atoms in total. The summed E-state index contributed by atoms with van der Waals surface area (Å²) in [5.41, 5.74) is 5.15. The molecule has 0 amide bonds. The first-order chi connectivity index (χ1) is 13.8. The summed E-state index contributed by atoms with van der Waals surface area (Å²) in [4.78, 5) is 4.80. The lowest BCUT2D eigenvalue weighted by atomic mass is 9.92. The number of nitrogens with zero attached hydrogens (tertiary/aromatic N) is 2. The summed E-state index contributed by atoms with van der Waals surface area (Å²) in [6.45, 7) is 0. The van der Waals surface area contributed by atoms with Gasteiger partial charge in [-0.3, -0.25) is 0 Å². The Labute approximate surface area is 170 Å². The van der Waals surface area contributed by atoms with Crippen LogP contribution in [-0.4, -0.2) is 15.9 Å². The van der Waals surface area contributed by atoms with E-state index in [-0.39, 0.29) is 0 Å². The highest BCUT2D eigenvalue weighted by molar-refractivity contribution is 9.10. The van der Waals surface area contributed by atoms with Gasteiger partial charge in [0.1, 0.15) is 5.75 Å². The van der Waals surface area contributed by atoms with Gasteiger partial charge in [0.05, 0.1) is 11.2 Å². The highest BCUT2D eigenvalue weighted by Gasteiger charge is 2.26. The molecule has 1 aromatic heterocycles. The molecule has 5 rings (SSSR count). The normalized spacial score (nSPS) is 14.2. The van der Waals surface area contributed by atoms with Crippen molar-refractivity contribution in [2.75, 3.05) is 0 Å². The molecule has 2 heterocycles. The van der Waals surface area contributed by atoms with Gasteiger partial charge in [0, 0.05) is 33.0 Å². The fourth-order valence-corrected chi connectivity index (χ4v) is 4.26. The molecule has 0 saturated carbocycles. The van der Waals surface area contributed by atoms with Crippen LogP contribution >= 0.6 is 15.9 Å². The van der Waals surface area contributed by atoms with Crippen molar-refractivity contribution >= 4 is 32.5 Å². The van der Waals surface area contributed by atoms with Crippen LogP contribution in [0.2, 0.25) is 0 Å². The summed E-state index contributed by atoms with van der Waals surface area (Å²) in [6.07, 6.45) is 0.414. The standard InChI is InChI=1S/C23H15BrN2O2/c24-17-10-6-11-18-22(17)21(14-7-2-1-3-8-14)16-13-19(26-27)15-9-4-5-12-20(15)28-23(16)25-18/h1-12,27H,13H2/b26-19+. The molecule has 1 aliphatic heterocycles. The summed E-state index contributed by atoms with van der Waals surface area (Å²) in [7, 11) is 0. The zero-order chi connectivity index (χ0) is 19.1. The molecule has 0 unspecified atom stereocenters. The molecule has 0 atom stereocenters. The van der Waals surface area contributed by atoms with Crippen molar-refractivity contribution in [3.8, 4) is 22.8 Å². The maximum Gasteiger partial charge on any atom is 0.224 e. The second kappa shape index (κ2) is 6.77. The molecule has 0 spiro atoms. The molecule has 0 radical (unpaired) electrons. The third kappa shape index (κ3) is 2.67. The number of rotatable bonds is 1. The number of hydrogen-bond donors (Lipinski definition) is 1. The van der Waals surface area contributed by atoms with Crippen molar-refractivity contribution in [2.24, 2.45) is 5.16 Å². The fourth-order valence-electron chi connectivity index (χ4n) is 3.71. The Kier molecular flexibility index (Phi) is 4.10. The molecule has 5 heteroatoms. The number of aromatic nitrogens is 1. The van der Waals surface area contributed by atoms with Crippen molar-refractivity contribution in [3.05, 3.63) is 88.4 Å². The lowest BCUT2D eigenvalue weighted by Crippen LogP contribution is -2.05. The highest BCUT2D eigenvalue weighted by atomic mass is 79.9. The number of hydrogen-bond acceptors (Lipinski definition) is 4. The minimum absolute atomic E-state index is 0.414. The Hall–Kier alpha value is -3.18. The molecular formula is C23H15BrN2O2. The third-order valence-electron chi connectivity index (χ3n) is 4.96. The number of halogens is 1. The van der Waals surface area contributed by atoms with Gasteiger partial charge < -0.3 is 9.94 Å². The van der Waals surface area contributed by atoms with Crippen molar-refractivity contribution in [3.63, 3.8) is 0 Å². The SMILES string of the molecule is O/N=C1\Cc2c(nc3cccc(Br)c3c2-c2ccccc2)Oc2ccccc21. The van der Waals surface area contributed by atoms with Gasteiger partial charge in [-0.15, -0.1) is 0 Å². The van der Waals surface area contributed by atoms with Gasteiger partial charge in [0.2, 0.25) is 5.88 Å². The van der Waals surface area contributed by atoms with E-state index in [4.69, 9.17) is 9.72 Å². The van der Waals surface area contributed by atoms with Gasteiger partial charge in [0.25, 0.3) is 0 Å². The second-order valence-corrected chi connectivity index (χ2v) is 7.45. The predicted molar refractivity (Wildman–Crippen MR) is 113 cm³/mol. The molecule has 1 aliphatic rings. The van der Waals surface area contributed by atoms with Crippen LogP contribution in [0.25, 0.3) is 22.0 Å². The number of ether oxygens (including phenoxy) is 1. The quantitative estimate of drug-likeness (QED) is 0.289. The third-order valence-corrected chi connectivity index (χ3v) is 5.62. The largest absolute Gasteiger partial charge is 0.438 e. The van der Waals surface area contributed by atoms with Gasteiger partial charge in [-0.25, -0.2) is 4.98 Å². The molecule has 28 heavy (non-hydrogen) atoms. The Balaban J connectivity index is 1.89. The van der Waals surface area contributed by atoms with Gasteiger partial charge in [0.15, 0.2) is 0 Å². The van der Waals surface area contributed by atoms with Crippen molar-refractivity contribution in [1.29, 1.82) is 0 Å². The predicted octanol–water partition coefficient (Wildman–Crippen LogP) is 6.19. The average Bonchev–Trinajstić information content (AvgIpc) is 2.89. The van der Waals surface area contributed by atoms with Crippen LogP contribution in [0.5, 0.6) is 11.6 Å². The van der Waals surface area contributed by atoms with E-state index in [0.29, 0.717) is 23.8 Å². The monoisotopic (exact) mass is 430 g/mol. The maximum atomic E-state index is 9.72. The molecule has 1 N–H and O–H groups in total. The number of pyridine rings is 1. The van der Waals surface area contributed by atoms with E-state index in [0.717, 1.165) is 37.6 Å². The van der Waals surface area contributed by atoms with E-state index < -0.39 is 0 Å². The molecule has 4 aromatic rings. The van der Waals surface area contributed by atoms with Crippen molar-refractivity contribution < 1.29 is 9.94 Å². The molecule has 0 saturated heterocycles. The number of benzene rings is 3. The fraction of sp³-hybridized carbons (Fsp3) is 0.0435. The summed E-state index contributed by atoms with van der Waals surface area (Å²) in [5, 5.41) is 14.3. The smallest absolute Gasteiger partial charge is 0.224 e. The lowest BCUT2D eigenvalue weighted by Gasteiger charge is -2.16. The Bertz CT molecular complexity index is 1240. The van der Waals surface area contributed by atoms with Gasteiger partial charge >= 0.3 is 0 Å². The molecular weight excluding hydrogens is 416 g/mol. The van der Waals surface area contributed by atoms with E-state index in [9.17, 15) is 5.21 Å². The maximum absolute atomic E-state index is 9.72. The summed E-state index contributed by atoms with van der Waals surface area (Å²) < 4.78 is 7.19. The van der Waals surface area contributed by atoms with Crippen molar-refractivity contribution in [2.45, 2.75) is 6.42 Å². The Morgan fingerprint density at radius 1 is 0.929 bits per heavy atom. The van der Waals surface area contributed by atoms with E-state index in [2.05, 4.69) is 33.2 Å². The second-order valence-electron chi connectivity index (χ2n) is 6.59. The van der Waals surface area contributed by atoms with Crippen molar-refractivity contribution in [1.82, 2.24) is 4.98 Å². The number of fused-ring (bicyclic) bond motifs is 3. The number of oxime groups is 1. The van der Waals surface area contributed by atoms with Gasteiger partial charge in [-0.2, -0.15) is 0 Å². The van der Waals surface area contributed by atoms with Crippen LogP contribution in [-0.2, 0) is 6.42 Å². The lowest BCUT2D eigenvalue weighted by molar-refractivity contribution is 0.318. The van der Waals surface area contributed by atoms with Crippen LogP contribution in [0.4, 0.5) is 0 Å². The van der Waals surface area contributed by atoms with Crippen LogP contribution in [0.15, 0.2) is 82.4 Å². The summed E-state index contributed by atoms with van der Waals surface area (Å²) in [6, 6.07) is 23.7. The number of para-hydroxylation sites is 1. The van der Waals surface area contributed by atoms with E-state index in [1.807, 2.05) is 60.7 Å². The summed E-state index contributed by atoms with van der Waals surface area (Å²) in [5.74, 6) is 1.17. The minimum Gasteiger partial charge on any atom is -0.438 e. The van der Waals surface area contributed by atoms with Crippen LogP contribution < -0.4 is 4.74 Å². The molecule has 0 bridgehead atoms. The molecule has 0 aliphatic carbocycles.